The van der Waals surface area contributed by atoms with Crippen molar-refractivity contribution in [3.05, 3.63) is 53.3 Å². The number of anilines is 2. The number of nitriles is 1. The Morgan fingerprint density at radius 3 is 2.88 bits per heavy atom. The second kappa shape index (κ2) is 5.96. The van der Waals surface area contributed by atoms with E-state index >= 15 is 0 Å². The molecule has 0 amide bonds. The standard InChI is InChI=1S/C18H12ClN5O/c1-25-12-3-4-13(19)15(7-12)23-18-11(8-20)6-10-2-5-14-17(16(10)24-18)22-9-21-14/h2-7,9H,1H3,(H,21,22)(H,23,24). The second-order valence-corrected chi connectivity index (χ2v) is 5.81. The number of methoxy groups -OCH3 is 1. The number of H-pyrrole nitrogens is 1. The van der Waals surface area contributed by atoms with Crippen molar-refractivity contribution in [3.63, 3.8) is 0 Å². The van der Waals surface area contributed by atoms with Crippen molar-refractivity contribution in [3.8, 4) is 11.8 Å². The lowest BCUT2D eigenvalue weighted by Gasteiger charge is -2.12. The zero-order valence-corrected chi connectivity index (χ0v) is 13.9. The maximum Gasteiger partial charge on any atom is 0.149 e. The molecule has 7 heteroatoms. The molecule has 0 fully saturated rings. The molecule has 25 heavy (non-hydrogen) atoms. The molecule has 0 aliphatic rings. The Labute approximate surface area is 148 Å². The molecular weight excluding hydrogens is 338 g/mol. The summed E-state index contributed by atoms with van der Waals surface area (Å²) in [7, 11) is 1.58. The largest absolute Gasteiger partial charge is 0.497 e. The van der Waals surface area contributed by atoms with Crippen LogP contribution in [0.1, 0.15) is 5.56 Å². The van der Waals surface area contributed by atoms with Crippen LogP contribution in [0.4, 0.5) is 11.5 Å². The van der Waals surface area contributed by atoms with Gasteiger partial charge in [0.15, 0.2) is 0 Å². The Hall–Kier alpha value is -3.30. The first-order valence-corrected chi connectivity index (χ1v) is 7.85. The third-order valence-corrected chi connectivity index (χ3v) is 4.25. The van der Waals surface area contributed by atoms with Crippen molar-refractivity contribution in [1.82, 2.24) is 15.0 Å². The number of nitrogens with zero attached hydrogens (tertiary/aromatic N) is 3. The SMILES string of the molecule is COc1ccc(Cl)c(Nc2nc3c(ccc4[nH]cnc43)cc2C#N)c1. The molecule has 0 bridgehead atoms. The fraction of sp³-hybridized carbons (Fsp3) is 0.0556. The highest BCUT2D eigenvalue weighted by Gasteiger charge is 2.12. The zero-order valence-electron chi connectivity index (χ0n) is 13.2. The summed E-state index contributed by atoms with van der Waals surface area (Å²) >= 11 is 6.25. The van der Waals surface area contributed by atoms with Crippen molar-refractivity contribution in [2.75, 3.05) is 12.4 Å². The maximum absolute atomic E-state index is 9.49. The van der Waals surface area contributed by atoms with Crippen LogP contribution in [0.25, 0.3) is 21.9 Å². The average molecular weight is 350 g/mol. The summed E-state index contributed by atoms with van der Waals surface area (Å²) < 4.78 is 5.22. The molecule has 0 aliphatic carbocycles. The van der Waals surface area contributed by atoms with Gasteiger partial charge in [0.1, 0.15) is 28.7 Å². The van der Waals surface area contributed by atoms with Crippen molar-refractivity contribution in [2.45, 2.75) is 0 Å². The van der Waals surface area contributed by atoms with E-state index < -0.39 is 0 Å². The minimum atomic E-state index is 0.417. The lowest BCUT2D eigenvalue weighted by Crippen LogP contribution is -1.99. The Morgan fingerprint density at radius 1 is 1.20 bits per heavy atom. The lowest BCUT2D eigenvalue weighted by molar-refractivity contribution is 0.415. The van der Waals surface area contributed by atoms with Crippen LogP contribution in [0, 0.1) is 11.3 Å². The van der Waals surface area contributed by atoms with E-state index in [1.807, 2.05) is 12.1 Å². The van der Waals surface area contributed by atoms with E-state index in [1.165, 1.54) is 0 Å². The summed E-state index contributed by atoms with van der Waals surface area (Å²) in [5, 5.41) is 14.0. The number of aromatic nitrogens is 3. The fourth-order valence-corrected chi connectivity index (χ4v) is 2.84. The van der Waals surface area contributed by atoms with Gasteiger partial charge in [-0.1, -0.05) is 17.7 Å². The molecule has 0 saturated heterocycles. The molecule has 0 unspecified atom stereocenters. The quantitative estimate of drug-likeness (QED) is 0.573. The van der Waals surface area contributed by atoms with Crippen molar-refractivity contribution in [2.24, 2.45) is 0 Å². The highest BCUT2D eigenvalue weighted by Crippen LogP contribution is 2.32. The highest BCUT2D eigenvalue weighted by molar-refractivity contribution is 6.33. The number of rotatable bonds is 3. The minimum absolute atomic E-state index is 0.417. The van der Waals surface area contributed by atoms with Crippen LogP contribution in [0.2, 0.25) is 5.02 Å². The van der Waals surface area contributed by atoms with E-state index in [0.717, 1.165) is 16.4 Å². The molecular formula is C18H12ClN5O. The van der Waals surface area contributed by atoms with Gasteiger partial charge in [-0.05, 0) is 24.3 Å². The zero-order chi connectivity index (χ0) is 17.4. The summed E-state index contributed by atoms with van der Waals surface area (Å²) in [5.41, 5.74) is 3.37. The van der Waals surface area contributed by atoms with Gasteiger partial charge in [-0.25, -0.2) is 9.97 Å². The van der Waals surface area contributed by atoms with Crippen LogP contribution in [0.15, 0.2) is 42.7 Å². The number of imidazole rings is 1. The van der Waals surface area contributed by atoms with Gasteiger partial charge in [0, 0.05) is 11.5 Å². The number of halogens is 1. The van der Waals surface area contributed by atoms with Crippen LogP contribution >= 0.6 is 11.6 Å². The van der Waals surface area contributed by atoms with E-state index in [0.29, 0.717) is 33.4 Å². The summed E-state index contributed by atoms with van der Waals surface area (Å²) in [4.78, 5) is 12.0. The molecule has 122 valence electrons. The van der Waals surface area contributed by atoms with E-state index in [4.69, 9.17) is 16.3 Å². The number of ether oxygens (including phenoxy) is 1. The summed E-state index contributed by atoms with van der Waals surface area (Å²) in [6.45, 7) is 0. The molecule has 2 aromatic carbocycles. The Bertz CT molecular complexity index is 1150. The minimum Gasteiger partial charge on any atom is -0.497 e. The van der Waals surface area contributed by atoms with E-state index in [9.17, 15) is 5.26 Å². The van der Waals surface area contributed by atoms with Gasteiger partial charge in [-0.3, -0.25) is 0 Å². The number of benzene rings is 2. The Balaban J connectivity index is 1.90. The van der Waals surface area contributed by atoms with Crippen molar-refractivity contribution >= 4 is 45.0 Å². The molecule has 2 aromatic heterocycles. The molecule has 0 saturated carbocycles. The first kappa shape index (κ1) is 15.2. The molecule has 4 aromatic rings. The normalized spacial score (nSPS) is 10.8. The predicted molar refractivity (Wildman–Crippen MR) is 97.4 cm³/mol. The Morgan fingerprint density at radius 2 is 2.08 bits per heavy atom. The topological polar surface area (TPSA) is 86.6 Å². The van der Waals surface area contributed by atoms with Gasteiger partial charge < -0.3 is 15.0 Å². The van der Waals surface area contributed by atoms with Gasteiger partial charge in [0.2, 0.25) is 0 Å². The molecule has 4 rings (SSSR count). The number of hydrogen-bond donors (Lipinski definition) is 2. The number of pyridine rings is 1. The number of nitrogens with one attached hydrogen (secondary N) is 2. The van der Waals surface area contributed by atoms with Gasteiger partial charge >= 0.3 is 0 Å². The van der Waals surface area contributed by atoms with Crippen LogP contribution in [0.5, 0.6) is 5.75 Å². The van der Waals surface area contributed by atoms with E-state index in [2.05, 4.69) is 26.3 Å². The van der Waals surface area contributed by atoms with Crippen LogP contribution < -0.4 is 10.1 Å². The third-order valence-electron chi connectivity index (χ3n) is 3.92. The van der Waals surface area contributed by atoms with Gasteiger partial charge in [-0.15, -0.1) is 0 Å². The first-order chi connectivity index (χ1) is 12.2. The van der Waals surface area contributed by atoms with Gasteiger partial charge in [0.25, 0.3) is 0 Å². The second-order valence-electron chi connectivity index (χ2n) is 5.40. The van der Waals surface area contributed by atoms with Crippen LogP contribution in [-0.2, 0) is 0 Å². The molecule has 0 atom stereocenters. The summed E-state index contributed by atoms with van der Waals surface area (Å²) in [5.74, 6) is 1.07. The van der Waals surface area contributed by atoms with Crippen LogP contribution in [0.3, 0.4) is 0 Å². The third kappa shape index (κ3) is 2.61. The van der Waals surface area contributed by atoms with Gasteiger partial charge in [0.05, 0.1) is 35.2 Å². The fourth-order valence-electron chi connectivity index (χ4n) is 2.67. The molecule has 0 aliphatic heterocycles. The molecule has 2 heterocycles. The molecule has 6 nitrogen and oxygen atoms in total. The maximum atomic E-state index is 9.49. The summed E-state index contributed by atoms with van der Waals surface area (Å²) in [6.07, 6.45) is 1.62. The Kier molecular flexibility index (Phi) is 3.64. The molecule has 2 N–H and O–H groups in total. The predicted octanol–water partition coefficient (Wildman–Crippen LogP) is 4.39. The molecule has 0 radical (unpaired) electrons. The number of aromatic amines is 1. The van der Waals surface area contributed by atoms with E-state index in [-0.39, 0.29) is 0 Å². The van der Waals surface area contributed by atoms with Crippen molar-refractivity contribution < 1.29 is 4.74 Å². The van der Waals surface area contributed by atoms with Gasteiger partial charge in [-0.2, -0.15) is 5.26 Å². The number of hydrogen-bond acceptors (Lipinski definition) is 5. The monoisotopic (exact) mass is 349 g/mol. The highest BCUT2D eigenvalue weighted by atomic mass is 35.5. The smallest absolute Gasteiger partial charge is 0.149 e. The average Bonchev–Trinajstić information content (AvgIpc) is 3.12. The molecule has 0 spiro atoms. The lowest BCUT2D eigenvalue weighted by atomic mass is 10.1. The van der Waals surface area contributed by atoms with E-state index in [1.54, 1.807) is 37.7 Å². The van der Waals surface area contributed by atoms with Crippen LogP contribution in [-0.4, -0.2) is 22.1 Å². The number of fused-ring (bicyclic) bond motifs is 3. The first-order valence-electron chi connectivity index (χ1n) is 7.47. The summed E-state index contributed by atoms with van der Waals surface area (Å²) in [6, 6.07) is 13.0. The van der Waals surface area contributed by atoms with Crippen molar-refractivity contribution in [1.29, 1.82) is 5.26 Å².